The lowest BCUT2D eigenvalue weighted by atomic mass is 9.74. The Bertz CT molecular complexity index is 753. The molecule has 1 aliphatic rings. The fraction of sp³-hybridized carbons (Fsp3) is 0.476. The maximum Gasteiger partial charge on any atom is 0.310 e. The molecule has 26 heavy (non-hydrogen) atoms. The molecule has 0 amide bonds. The van der Waals surface area contributed by atoms with Crippen LogP contribution in [0.5, 0.6) is 0 Å². The minimum atomic E-state index is -0.688. The second-order valence-corrected chi connectivity index (χ2v) is 7.27. The van der Waals surface area contributed by atoms with Crippen molar-refractivity contribution in [3.63, 3.8) is 0 Å². The van der Waals surface area contributed by atoms with Gasteiger partial charge in [-0.3, -0.25) is 4.79 Å². The Morgan fingerprint density at radius 2 is 1.88 bits per heavy atom. The molecular weight excluding hydrogens is 326 g/mol. The van der Waals surface area contributed by atoms with Crippen molar-refractivity contribution in [3.05, 3.63) is 53.5 Å². The summed E-state index contributed by atoms with van der Waals surface area (Å²) in [6.07, 6.45) is 3.73. The van der Waals surface area contributed by atoms with Gasteiger partial charge in [0.2, 0.25) is 0 Å². The molecular formula is C21H27N3O2. The van der Waals surface area contributed by atoms with E-state index in [9.17, 15) is 9.90 Å². The van der Waals surface area contributed by atoms with Gasteiger partial charge in [-0.05, 0) is 38.2 Å². The monoisotopic (exact) mass is 353 g/mol. The molecule has 1 saturated heterocycles. The van der Waals surface area contributed by atoms with Crippen LogP contribution in [0.2, 0.25) is 0 Å². The highest BCUT2D eigenvalue weighted by molar-refractivity contribution is 5.75. The molecule has 1 aromatic carbocycles. The van der Waals surface area contributed by atoms with E-state index in [1.165, 1.54) is 0 Å². The van der Waals surface area contributed by atoms with Crippen LogP contribution in [0, 0.1) is 12.3 Å². The Hall–Kier alpha value is -2.43. The lowest BCUT2D eigenvalue weighted by Gasteiger charge is -2.39. The molecule has 0 spiro atoms. The average Bonchev–Trinajstić information content (AvgIpc) is 2.63. The number of benzene rings is 1. The van der Waals surface area contributed by atoms with Crippen LogP contribution in [-0.2, 0) is 17.6 Å². The summed E-state index contributed by atoms with van der Waals surface area (Å²) in [4.78, 5) is 23.5. The van der Waals surface area contributed by atoms with Crippen molar-refractivity contribution < 1.29 is 9.90 Å². The van der Waals surface area contributed by atoms with E-state index in [1.807, 2.05) is 43.3 Å². The fourth-order valence-corrected chi connectivity index (χ4v) is 3.73. The standard InChI is InChI=1S/C21H27N3O2/c1-3-7-18-22-16(2)14-19(23-18)24-12-10-21(11-13-24,20(25)26)15-17-8-5-4-6-9-17/h4-6,8-9,14H,3,7,10-13,15H2,1-2H3,(H,25,26). The number of carboxylic acids is 1. The minimum Gasteiger partial charge on any atom is -0.481 e. The first-order valence-electron chi connectivity index (χ1n) is 9.39. The van der Waals surface area contributed by atoms with E-state index in [4.69, 9.17) is 4.98 Å². The Labute approximate surface area is 155 Å². The van der Waals surface area contributed by atoms with E-state index in [2.05, 4.69) is 16.8 Å². The molecule has 2 heterocycles. The summed E-state index contributed by atoms with van der Waals surface area (Å²) in [5, 5.41) is 9.92. The lowest BCUT2D eigenvalue weighted by molar-refractivity contribution is -0.150. The summed E-state index contributed by atoms with van der Waals surface area (Å²) in [5.41, 5.74) is 1.37. The molecule has 5 heteroatoms. The predicted octanol–water partition coefficient (Wildman–Crippen LogP) is 3.65. The molecule has 0 atom stereocenters. The molecule has 3 rings (SSSR count). The van der Waals surface area contributed by atoms with Crippen LogP contribution in [0.15, 0.2) is 36.4 Å². The molecule has 1 N–H and O–H groups in total. The summed E-state index contributed by atoms with van der Waals surface area (Å²) >= 11 is 0. The molecule has 1 aliphatic heterocycles. The second kappa shape index (κ2) is 7.85. The first kappa shape index (κ1) is 18.4. The van der Waals surface area contributed by atoms with Crippen molar-refractivity contribution >= 4 is 11.8 Å². The molecule has 0 radical (unpaired) electrons. The number of aryl methyl sites for hydroxylation is 2. The molecule has 1 aromatic heterocycles. The van der Waals surface area contributed by atoms with E-state index >= 15 is 0 Å². The first-order valence-corrected chi connectivity index (χ1v) is 9.39. The van der Waals surface area contributed by atoms with Crippen LogP contribution in [-0.4, -0.2) is 34.1 Å². The Balaban J connectivity index is 1.75. The number of carbonyl (C=O) groups is 1. The van der Waals surface area contributed by atoms with E-state index in [-0.39, 0.29) is 0 Å². The van der Waals surface area contributed by atoms with Gasteiger partial charge in [0.25, 0.3) is 0 Å². The molecule has 138 valence electrons. The van der Waals surface area contributed by atoms with Gasteiger partial charge < -0.3 is 10.0 Å². The van der Waals surface area contributed by atoms with Crippen molar-refractivity contribution in [1.29, 1.82) is 0 Å². The van der Waals surface area contributed by atoms with Crippen molar-refractivity contribution in [2.75, 3.05) is 18.0 Å². The van der Waals surface area contributed by atoms with E-state index in [0.717, 1.165) is 35.7 Å². The maximum atomic E-state index is 12.1. The van der Waals surface area contributed by atoms with Gasteiger partial charge in [-0.15, -0.1) is 0 Å². The number of nitrogens with zero attached hydrogens (tertiary/aromatic N) is 3. The normalized spacial score (nSPS) is 16.5. The van der Waals surface area contributed by atoms with Gasteiger partial charge in [0, 0.05) is 31.3 Å². The SMILES string of the molecule is CCCc1nc(C)cc(N2CCC(Cc3ccccc3)(C(=O)O)CC2)n1. The van der Waals surface area contributed by atoms with Gasteiger partial charge >= 0.3 is 5.97 Å². The smallest absolute Gasteiger partial charge is 0.310 e. The number of rotatable bonds is 6. The predicted molar refractivity (Wildman–Crippen MR) is 102 cm³/mol. The Kier molecular flexibility index (Phi) is 5.55. The number of carboxylic acid groups (broad SMARTS) is 1. The van der Waals surface area contributed by atoms with E-state index in [1.54, 1.807) is 0 Å². The highest BCUT2D eigenvalue weighted by Crippen LogP contribution is 2.36. The van der Waals surface area contributed by atoms with Crippen LogP contribution in [0.1, 0.15) is 43.3 Å². The van der Waals surface area contributed by atoms with Crippen LogP contribution < -0.4 is 4.90 Å². The van der Waals surface area contributed by atoms with Crippen LogP contribution in [0.25, 0.3) is 0 Å². The molecule has 0 aliphatic carbocycles. The van der Waals surface area contributed by atoms with Gasteiger partial charge in [-0.1, -0.05) is 37.3 Å². The third-order valence-corrected chi connectivity index (χ3v) is 5.24. The average molecular weight is 353 g/mol. The summed E-state index contributed by atoms with van der Waals surface area (Å²) in [7, 11) is 0. The summed E-state index contributed by atoms with van der Waals surface area (Å²) < 4.78 is 0. The highest BCUT2D eigenvalue weighted by Gasteiger charge is 2.41. The molecule has 5 nitrogen and oxygen atoms in total. The zero-order valence-electron chi connectivity index (χ0n) is 15.6. The van der Waals surface area contributed by atoms with Gasteiger partial charge in [-0.25, -0.2) is 9.97 Å². The van der Waals surface area contributed by atoms with Gasteiger partial charge in [0.05, 0.1) is 5.41 Å². The number of aliphatic carboxylic acids is 1. The summed E-state index contributed by atoms with van der Waals surface area (Å²) in [5.74, 6) is 1.12. The Morgan fingerprint density at radius 1 is 1.19 bits per heavy atom. The lowest BCUT2D eigenvalue weighted by Crippen LogP contribution is -2.46. The quantitative estimate of drug-likeness (QED) is 0.859. The minimum absolute atomic E-state index is 0.584. The number of anilines is 1. The molecule has 0 saturated carbocycles. The Morgan fingerprint density at radius 3 is 2.50 bits per heavy atom. The summed E-state index contributed by atoms with van der Waals surface area (Å²) in [6.45, 7) is 5.53. The van der Waals surface area contributed by atoms with Crippen molar-refractivity contribution in [2.45, 2.75) is 46.0 Å². The van der Waals surface area contributed by atoms with Crippen molar-refractivity contribution in [2.24, 2.45) is 5.41 Å². The third-order valence-electron chi connectivity index (χ3n) is 5.24. The van der Waals surface area contributed by atoms with Crippen LogP contribution >= 0.6 is 0 Å². The largest absolute Gasteiger partial charge is 0.481 e. The molecule has 0 unspecified atom stereocenters. The summed E-state index contributed by atoms with van der Waals surface area (Å²) in [6, 6.07) is 11.9. The van der Waals surface area contributed by atoms with Gasteiger partial charge in [0.1, 0.15) is 11.6 Å². The zero-order chi connectivity index (χ0) is 18.6. The molecule has 1 fully saturated rings. The zero-order valence-corrected chi connectivity index (χ0v) is 15.6. The topological polar surface area (TPSA) is 66.3 Å². The van der Waals surface area contributed by atoms with Crippen LogP contribution in [0.3, 0.4) is 0 Å². The number of piperidine rings is 1. The maximum absolute atomic E-state index is 12.1. The van der Waals surface area contributed by atoms with Crippen LogP contribution in [0.4, 0.5) is 5.82 Å². The third kappa shape index (κ3) is 4.03. The van der Waals surface area contributed by atoms with Crippen molar-refractivity contribution in [1.82, 2.24) is 9.97 Å². The van der Waals surface area contributed by atoms with E-state index < -0.39 is 11.4 Å². The van der Waals surface area contributed by atoms with E-state index in [0.29, 0.717) is 32.4 Å². The fourth-order valence-electron chi connectivity index (χ4n) is 3.73. The number of aromatic nitrogens is 2. The first-order chi connectivity index (χ1) is 12.5. The van der Waals surface area contributed by atoms with Crippen molar-refractivity contribution in [3.8, 4) is 0 Å². The highest BCUT2D eigenvalue weighted by atomic mass is 16.4. The molecule has 2 aromatic rings. The molecule has 0 bridgehead atoms. The van der Waals surface area contributed by atoms with Gasteiger partial charge in [-0.2, -0.15) is 0 Å². The number of hydrogen-bond acceptors (Lipinski definition) is 4. The second-order valence-electron chi connectivity index (χ2n) is 7.27. The van der Waals surface area contributed by atoms with Gasteiger partial charge in [0.15, 0.2) is 0 Å². The number of hydrogen-bond donors (Lipinski definition) is 1.